The van der Waals surface area contributed by atoms with E-state index in [2.05, 4.69) is 176 Å². The lowest BCUT2D eigenvalue weighted by atomic mass is 9.88. The SMILES string of the molecule is c1cc(-c2cnc3c4ccccc4c4ccccc4c3n2)cc(-c2cccc3c(-c4ccc(-c5ccc6oc7ccccc7c6c5)c5ccccc45)cccc23)c1. The van der Waals surface area contributed by atoms with E-state index in [0.29, 0.717) is 0 Å². The molecule has 0 aliphatic carbocycles. The van der Waals surface area contributed by atoms with Crippen LogP contribution in [0.5, 0.6) is 0 Å². The first-order chi connectivity index (χ1) is 28.3. The maximum Gasteiger partial charge on any atom is 0.135 e. The molecule has 0 bridgehead atoms. The van der Waals surface area contributed by atoms with Gasteiger partial charge in [-0.2, -0.15) is 0 Å². The second-order valence-corrected chi connectivity index (χ2v) is 14.8. The maximum absolute atomic E-state index is 6.16. The zero-order valence-electron chi connectivity index (χ0n) is 30.8. The van der Waals surface area contributed by atoms with E-state index in [-0.39, 0.29) is 0 Å². The molecule has 0 N–H and O–H groups in total. The fourth-order valence-corrected chi connectivity index (χ4v) is 9.08. The second kappa shape index (κ2) is 12.5. The molecule has 3 nitrogen and oxygen atoms in total. The second-order valence-electron chi connectivity index (χ2n) is 14.8. The van der Waals surface area contributed by atoms with E-state index in [1.165, 1.54) is 60.1 Å². The highest BCUT2D eigenvalue weighted by atomic mass is 16.3. The van der Waals surface area contributed by atoms with Crippen molar-refractivity contribution in [1.82, 2.24) is 9.97 Å². The molecule has 0 amide bonds. The van der Waals surface area contributed by atoms with E-state index >= 15 is 0 Å². The van der Waals surface area contributed by atoms with Gasteiger partial charge in [0.05, 0.1) is 22.9 Å². The molecule has 12 rings (SSSR count). The molecule has 2 heterocycles. The Labute approximate surface area is 328 Å². The van der Waals surface area contributed by atoms with Crippen molar-refractivity contribution in [2.45, 2.75) is 0 Å². The zero-order valence-corrected chi connectivity index (χ0v) is 30.8. The molecule has 0 unspecified atom stereocenters. The molecular weight excluding hydrogens is 693 g/mol. The molecule has 3 heteroatoms. The van der Waals surface area contributed by atoms with E-state index in [1.807, 2.05) is 18.3 Å². The van der Waals surface area contributed by atoms with Crippen molar-refractivity contribution in [1.29, 1.82) is 0 Å². The van der Waals surface area contributed by atoms with E-state index in [9.17, 15) is 0 Å². The lowest BCUT2D eigenvalue weighted by molar-refractivity contribution is 0.669. The highest BCUT2D eigenvalue weighted by molar-refractivity contribution is 6.23. The van der Waals surface area contributed by atoms with Crippen LogP contribution in [0.4, 0.5) is 0 Å². The molecule has 0 saturated heterocycles. The molecule has 0 radical (unpaired) electrons. The summed E-state index contributed by atoms with van der Waals surface area (Å²) in [4.78, 5) is 10.3. The molecule has 12 aromatic rings. The summed E-state index contributed by atoms with van der Waals surface area (Å²) in [7, 11) is 0. The topological polar surface area (TPSA) is 38.9 Å². The van der Waals surface area contributed by atoms with Gasteiger partial charge in [0.15, 0.2) is 0 Å². The number of rotatable bonds is 4. The Balaban J connectivity index is 0.975. The summed E-state index contributed by atoms with van der Waals surface area (Å²) in [6, 6.07) is 67.3. The molecule has 0 atom stereocenters. The molecule has 2 aromatic heterocycles. The van der Waals surface area contributed by atoms with Crippen molar-refractivity contribution in [3.8, 4) is 44.6 Å². The molecule has 0 aliphatic heterocycles. The fourth-order valence-electron chi connectivity index (χ4n) is 9.08. The number of hydrogen-bond donors (Lipinski definition) is 0. The van der Waals surface area contributed by atoms with E-state index in [0.717, 1.165) is 60.6 Å². The average molecular weight is 725 g/mol. The molecule has 0 fully saturated rings. The summed E-state index contributed by atoms with van der Waals surface area (Å²) in [5, 5.41) is 11.8. The molecule has 0 spiro atoms. The highest BCUT2D eigenvalue weighted by Crippen LogP contribution is 2.42. The van der Waals surface area contributed by atoms with Gasteiger partial charge >= 0.3 is 0 Å². The lowest BCUT2D eigenvalue weighted by Gasteiger charge is -2.16. The number of fused-ring (bicyclic) bond motifs is 11. The molecular formula is C54H32N2O. The Bertz CT molecular complexity index is 3560. The fraction of sp³-hybridized carbons (Fsp3) is 0. The Hall–Kier alpha value is -7.62. The minimum atomic E-state index is 0.859. The van der Waals surface area contributed by atoms with Crippen molar-refractivity contribution in [3.05, 3.63) is 194 Å². The third-order valence-electron chi connectivity index (χ3n) is 11.7. The van der Waals surface area contributed by atoms with Crippen LogP contribution in [0.3, 0.4) is 0 Å². The van der Waals surface area contributed by atoms with Crippen LogP contribution in [-0.2, 0) is 0 Å². The monoisotopic (exact) mass is 724 g/mol. The third kappa shape index (κ3) is 4.92. The average Bonchev–Trinajstić information content (AvgIpc) is 3.66. The van der Waals surface area contributed by atoms with Gasteiger partial charge in [0.25, 0.3) is 0 Å². The first kappa shape index (κ1) is 31.7. The quantitative estimate of drug-likeness (QED) is 0.170. The standard InChI is InChI=1S/C54H32N2O/c1-2-15-40-38(14-1)37(34-26-29-52-49(31-34)46-18-7-8-25-51(46)57-52)27-28-45(40)42-24-11-22-39-36(21-10-23-41(39)42)33-12-9-13-35(30-33)50-32-55-53-47-19-5-3-16-43(47)44-17-4-6-20-48(44)54(53)56-50/h1-32H. The minimum absolute atomic E-state index is 0.859. The van der Waals surface area contributed by atoms with Gasteiger partial charge in [0, 0.05) is 27.1 Å². The number of para-hydroxylation sites is 1. The third-order valence-corrected chi connectivity index (χ3v) is 11.7. The summed E-state index contributed by atoms with van der Waals surface area (Å²) in [5.74, 6) is 0. The first-order valence-electron chi connectivity index (χ1n) is 19.4. The van der Waals surface area contributed by atoms with Crippen molar-refractivity contribution >= 4 is 76.1 Å². The summed E-state index contributed by atoms with van der Waals surface area (Å²) >= 11 is 0. The Morgan fingerprint density at radius 1 is 0.298 bits per heavy atom. The Morgan fingerprint density at radius 2 is 0.789 bits per heavy atom. The summed E-state index contributed by atoms with van der Waals surface area (Å²) in [6.45, 7) is 0. The van der Waals surface area contributed by atoms with E-state index in [1.54, 1.807) is 0 Å². The van der Waals surface area contributed by atoms with Crippen LogP contribution < -0.4 is 0 Å². The van der Waals surface area contributed by atoms with Gasteiger partial charge in [-0.05, 0) is 90.0 Å². The van der Waals surface area contributed by atoms with E-state index in [4.69, 9.17) is 14.4 Å². The number of nitrogens with zero attached hydrogens (tertiary/aromatic N) is 2. The van der Waals surface area contributed by atoms with Crippen LogP contribution in [0, 0.1) is 0 Å². The van der Waals surface area contributed by atoms with Gasteiger partial charge in [0.1, 0.15) is 11.2 Å². The molecule has 0 saturated carbocycles. The van der Waals surface area contributed by atoms with Crippen molar-refractivity contribution < 1.29 is 4.42 Å². The summed E-state index contributed by atoms with van der Waals surface area (Å²) in [6.07, 6.45) is 1.92. The van der Waals surface area contributed by atoms with Gasteiger partial charge < -0.3 is 4.42 Å². The zero-order chi connectivity index (χ0) is 37.5. The minimum Gasteiger partial charge on any atom is -0.456 e. The molecule has 0 aliphatic rings. The molecule has 264 valence electrons. The van der Waals surface area contributed by atoms with Crippen molar-refractivity contribution in [2.24, 2.45) is 0 Å². The predicted octanol–water partition coefficient (Wildman–Crippen LogP) is 14.8. The normalized spacial score (nSPS) is 11.9. The van der Waals surface area contributed by atoms with Crippen LogP contribution >= 0.6 is 0 Å². The van der Waals surface area contributed by atoms with Crippen LogP contribution in [0.1, 0.15) is 0 Å². The van der Waals surface area contributed by atoms with Gasteiger partial charge in [-0.3, -0.25) is 4.98 Å². The van der Waals surface area contributed by atoms with Crippen LogP contribution in [-0.4, -0.2) is 9.97 Å². The van der Waals surface area contributed by atoms with Gasteiger partial charge in [-0.1, -0.05) is 164 Å². The molecule has 10 aromatic carbocycles. The lowest BCUT2D eigenvalue weighted by Crippen LogP contribution is -1.92. The Kier molecular flexibility index (Phi) is 6.93. The van der Waals surface area contributed by atoms with Crippen LogP contribution in [0.25, 0.3) is 121 Å². The largest absolute Gasteiger partial charge is 0.456 e. The number of hydrogen-bond acceptors (Lipinski definition) is 3. The van der Waals surface area contributed by atoms with E-state index < -0.39 is 0 Å². The summed E-state index contributed by atoms with van der Waals surface area (Å²) < 4.78 is 6.16. The van der Waals surface area contributed by atoms with Crippen LogP contribution in [0.2, 0.25) is 0 Å². The van der Waals surface area contributed by atoms with Crippen molar-refractivity contribution in [3.63, 3.8) is 0 Å². The first-order valence-corrected chi connectivity index (χ1v) is 19.4. The predicted molar refractivity (Wildman–Crippen MR) is 239 cm³/mol. The van der Waals surface area contributed by atoms with Crippen molar-refractivity contribution in [2.75, 3.05) is 0 Å². The Morgan fingerprint density at radius 3 is 1.54 bits per heavy atom. The molecule has 57 heavy (non-hydrogen) atoms. The van der Waals surface area contributed by atoms with Crippen LogP contribution in [0.15, 0.2) is 199 Å². The number of benzene rings is 10. The van der Waals surface area contributed by atoms with Gasteiger partial charge in [-0.15, -0.1) is 0 Å². The highest BCUT2D eigenvalue weighted by Gasteiger charge is 2.16. The maximum atomic E-state index is 6.16. The number of aromatic nitrogens is 2. The smallest absolute Gasteiger partial charge is 0.135 e. The number of furan rings is 1. The van der Waals surface area contributed by atoms with Gasteiger partial charge in [-0.25, -0.2) is 4.98 Å². The van der Waals surface area contributed by atoms with Gasteiger partial charge in [0.2, 0.25) is 0 Å². The summed E-state index contributed by atoms with van der Waals surface area (Å²) in [5.41, 5.74) is 12.7.